The Morgan fingerprint density at radius 1 is 1.19 bits per heavy atom. The molecule has 0 N–H and O–H groups in total. The van der Waals surface area contributed by atoms with E-state index in [1.807, 2.05) is 0 Å². The van der Waals surface area contributed by atoms with Gasteiger partial charge in [0.1, 0.15) is 0 Å². The first kappa shape index (κ1) is 10.7. The van der Waals surface area contributed by atoms with Crippen LogP contribution in [0.5, 0.6) is 0 Å². The summed E-state index contributed by atoms with van der Waals surface area (Å²) in [6.45, 7) is 2.57. The van der Waals surface area contributed by atoms with Crippen LogP contribution in [0.2, 0.25) is 0 Å². The van der Waals surface area contributed by atoms with Crippen LogP contribution in [-0.2, 0) is 0 Å². The van der Waals surface area contributed by atoms with Crippen molar-refractivity contribution >= 4 is 11.8 Å². The van der Waals surface area contributed by atoms with Gasteiger partial charge in [-0.25, -0.2) is 0 Å². The average Bonchev–Trinajstić information content (AvgIpc) is 2.74. The molecule has 2 heterocycles. The molecule has 0 aliphatic carbocycles. The van der Waals surface area contributed by atoms with E-state index >= 15 is 0 Å². The van der Waals surface area contributed by atoms with Crippen LogP contribution in [0.4, 0.5) is 0 Å². The quantitative estimate of drug-likeness (QED) is 0.732. The lowest BCUT2D eigenvalue weighted by Gasteiger charge is -2.32. The first-order valence-electron chi connectivity index (χ1n) is 6.25. The van der Waals surface area contributed by atoms with E-state index in [1.54, 1.807) is 5.56 Å². The van der Waals surface area contributed by atoms with Gasteiger partial charge in [-0.3, -0.25) is 0 Å². The van der Waals surface area contributed by atoms with Crippen LogP contribution in [0.25, 0.3) is 0 Å². The predicted molar refractivity (Wildman–Crippen MR) is 70.1 cm³/mol. The molecule has 1 aromatic rings. The fourth-order valence-electron chi connectivity index (χ4n) is 3.01. The number of thioether (sulfide) groups is 1. The third kappa shape index (κ3) is 1.89. The minimum Gasteiger partial charge on any atom is -0.306 e. The number of piperidine rings is 1. The lowest BCUT2D eigenvalue weighted by Crippen LogP contribution is -2.32. The van der Waals surface area contributed by atoms with Crippen molar-refractivity contribution in [1.82, 2.24) is 4.90 Å². The molecule has 0 radical (unpaired) electrons. The van der Waals surface area contributed by atoms with Crippen LogP contribution in [-0.4, -0.2) is 30.8 Å². The highest BCUT2D eigenvalue weighted by Crippen LogP contribution is 2.45. The molecule has 16 heavy (non-hydrogen) atoms. The van der Waals surface area contributed by atoms with Gasteiger partial charge in [0.05, 0.1) is 0 Å². The Morgan fingerprint density at radius 2 is 1.94 bits per heavy atom. The molecule has 0 saturated carbocycles. The smallest absolute Gasteiger partial charge is 0.0107 e. The van der Waals surface area contributed by atoms with Crippen LogP contribution in [0.3, 0.4) is 0 Å². The molecule has 2 heteroatoms. The maximum Gasteiger partial charge on any atom is 0.0107 e. The van der Waals surface area contributed by atoms with E-state index in [0.717, 1.165) is 11.8 Å². The Bertz CT molecular complexity index is 369. The molecule has 2 aliphatic rings. The number of rotatable bonds is 1. The van der Waals surface area contributed by atoms with Crippen molar-refractivity contribution in [3.8, 4) is 0 Å². The van der Waals surface area contributed by atoms with E-state index in [4.69, 9.17) is 0 Å². The Labute approximate surface area is 102 Å². The molecule has 0 amide bonds. The zero-order valence-electron chi connectivity index (χ0n) is 9.86. The summed E-state index contributed by atoms with van der Waals surface area (Å²) < 4.78 is 0. The second-order valence-electron chi connectivity index (χ2n) is 5.10. The van der Waals surface area contributed by atoms with Gasteiger partial charge in [0, 0.05) is 10.6 Å². The Hall–Kier alpha value is -0.470. The lowest BCUT2D eigenvalue weighted by atomic mass is 9.81. The summed E-state index contributed by atoms with van der Waals surface area (Å²) in [6, 6.07) is 9.00. The highest BCUT2D eigenvalue weighted by atomic mass is 32.2. The van der Waals surface area contributed by atoms with Gasteiger partial charge in [0.2, 0.25) is 0 Å². The van der Waals surface area contributed by atoms with E-state index in [9.17, 15) is 0 Å². The molecule has 0 aromatic heterocycles. The minimum atomic E-state index is 0.829. The van der Waals surface area contributed by atoms with E-state index in [-0.39, 0.29) is 0 Å². The number of benzene rings is 1. The number of fused-ring (bicyclic) bond motifs is 1. The van der Waals surface area contributed by atoms with Gasteiger partial charge in [0.25, 0.3) is 0 Å². The summed E-state index contributed by atoms with van der Waals surface area (Å²) in [5, 5.41) is 0. The Balaban J connectivity index is 1.77. The number of hydrogen-bond acceptors (Lipinski definition) is 2. The van der Waals surface area contributed by atoms with Crippen molar-refractivity contribution in [1.29, 1.82) is 0 Å². The molecule has 86 valence electrons. The van der Waals surface area contributed by atoms with Crippen molar-refractivity contribution < 1.29 is 0 Å². The minimum absolute atomic E-state index is 0.829. The van der Waals surface area contributed by atoms with Crippen molar-refractivity contribution in [3.63, 3.8) is 0 Å². The number of likely N-dealkylation sites (tertiary alicyclic amines) is 1. The summed E-state index contributed by atoms with van der Waals surface area (Å²) in [4.78, 5) is 4.00. The molecule has 1 aromatic carbocycles. The van der Waals surface area contributed by atoms with Gasteiger partial charge in [-0.1, -0.05) is 18.2 Å². The topological polar surface area (TPSA) is 3.24 Å². The number of nitrogens with zero attached hydrogens (tertiary/aromatic N) is 1. The van der Waals surface area contributed by atoms with Crippen LogP contribution in [0.1, 0.15) is 24.3 Å². The fraction of sp³-hybridized carbons (Fsp3) is 0.571. The zero-order chi connectivity index (χ0) is 11.0. The summed E-state index contributed by atoms with van der Waals surface area (Å²) in [6.07, 6.45) is 2.77. The van der Waals surface area contributed by atoms with Gasteiger partial charge >= 0.3 is 0 Å². The number of hydrogen-bond donors (Lipinski definition) is 0. The van der Waals surface area contributed by atoms with E-state index < -0.39 is 0 Å². The molecule has 0 bridgehead atoms. The molecular formula is C14H19NS. The van der Waals surface area contributed by atoms with Crippen molar-refractivity contribution in [3.05, 3.63) is 29.8 Å². The van der Waals surface area contributed by atoms with Crippen LogP contribution in [0, 0.1) is 5.92 Å². The van der Waals surface area contributed by atoms with Gasteiger partial charge in [0.15, 0.2) is 0 Å². The Morgan fingerprint density at radius 3 is 2.75 bits per heavy atom. The maximum absolute atomic E-state index is 2.46. The highest BCUT2D eigenvalue weighted by molar-refractivity contribution is 7.99. The van der Waals surface area contributed by atoms with Crippen LogP contribution < -0.4 is 0 Å². The molecule has 1 atom stereocenters. The Kier molecular flexibility index (Phi) is 2.95. The third-order valence-corrected chi connectivity index (χ3v) is 5.28. The zero-order valence-corrected chi connectivity index (χ0v) is 10.7. The van der Waals surface area contributed by atoms with E-state index in [0.29, 0.717) is 0 Å². The molecule has 0 spiro atoms. The first-order valence-corrected chi connectivity index (χ1v) is 7.23. The molecule has 1 unspecified atom stereocenters. The summed E-state index contributed by atoms with van der Waals surface area (Å²) in [5.74, 6) is 3.07. The van der Waals surface area contributed by atoms with Crippen molar-refractivity contribution in [2.75, 3.05) is 25.9 Å². The SMILES string of the molecule is CN1CCC(C2CSc3ccccc32)CC1. The predicted octanol–water partition coefficient (Wildman–Crippen LogP) is 3.22. The van der Waals surface area contributed by atoms with Crippen LogP contribution in [0.15, 0.2) is 29.2 Å². The normalized spacial score (nSPS) is 26.9. The third-order valence-electron chi connectivity index (χ3n) is 4.07. The summed E-state index contributed by atoms with van der Waals surface area (Å²) in [5.41, 5.74) is 1.63. The van der Waals surface area contributed by atoms with Crippen molar-refractivity contribution in [2.24, 2.45) is 5.92 Å². The molecular weight excluding hydrogens is 214 g/mol. The molecule has 1 fully saturated rings. The molecule has 1 saturated heterocycles. The van der Waals surface area contributed by atoms with Gasteiger partial charge in [-0.2, -0.15) is 0 Å². The second kappa shape index (κ2) is 4.42. The fourth-order valence-corrected chi connectivity index (χ4v) is 4.38. The van der Waals surface area contributed by atoms with E-state index in [2.05, 4.69) is 48.0 Å². The summed E-state index contributed by atoms with van der Waals surface area (Å²) in [7, 11) is 2.24. The van der Waals surface area contributed by atoms with Crippen molar-refractivity contribution in [2.45, 2.75) is 23.7 Å². The maximum atomic E-state index is 2.46. The van der Waals surface area contributed by atoms with Crippen LogP contribution >= 0.6 is 11.8 Å². The van der Waals surface area contributed by atoms with E-state index in [1.165, 1.54) is 36.6 Å². The molecule has 3 rings (SSSR count). The monoisotopic (exact) mass is 233 g/mol. The molecule has 1 nitrogen and oxygen atoms in total. The highest BCUT2D eigenvalue weighted by Gasteiger charge is 2.31. The van der Waals surface area contributed by atoms with Gasteiger partial charge in [-0.15, -0.1) is 11.8 Å². The second-order valence-corrected chi connectivity index (χ2v) is 6.16. The van der Waals surface area contributed by atoms with Gasteiger partial charge < -0.3 is 4.90 Å². The van der Waals surface area contributed by atoms with Gasteiger partial charge in [-0.05, 0) is 56.4 Å². The standard InChI is InChI=1S/C14H19NS/c1-15-8-6-11(7-9-15)13-10-16-14-5-3-2-4-12(13)14/h2-5,11,13H,6-10H2,1H3. The first-order chi connectivity index (χ1) is 7.84. The average molecular weight is 233 g/mol. The molecule has 2 aliphatic heterocycles. The summed E-state index contributed by atoms with van der Waals surface area (Å²) >= 11 is 2.06. The lowest BCUT2D eigenvalue weighted by molar-refractivity contribution is 0.204. The largest absolute Gasteiger partial charge is 0.306 e.